The van der Waals surface area contributed by atoms with Gasteiger partial charge in [-0.25, -0.2) is 0 Å². The molecule has 0 N–H and O–H groups in total. The lowest BCUT2D eigenvalue weighted by atomic mass is 9.64. The zero-order valence-electron chi connectivity index (χ0n) is 16.3. The second-order valence-corrected chi connectivity index (χ2v) is 8.50. The summed E-state index contributed by atoms with van der Waals surface area (Å²) in [5.41, 5.74) is 1.43. The van der Waals surface area contributed by atoms with Crippen LogP contribution in [0.5, 0.6) is 0 Å². The highest BCUT2D eigenvalue weighted by atomic mass is 14.4. The van der Waals surface area contributed by atoms with Gasteiger partial charge in [0, 0.05) is 0 Å². The summed E-state index contributed by atoms with van der Waals surface area (Å²) in [4.78, 5) is 0. The van der Waals surface area contributed by atoms with Crippen LogP contribution in [-0.4, -0.2) is 0 Å². The molecule has 0 amide bonds. The average molecular weight is 330 g/mol. The van der Waals surface area contributed by atoms with Gasteiger partial charge in [-0.05, 0) is 56.8 Å². The van der Waals surface area contributed by atoms with Gasteiger partial charge in [0.1, 0.15) is 0 Å². The van der Waals surface area contributed by atoms with Crippen molar-refractivity contribution in [2.45, 2.75) is 110 Å². The van der Waals surface area contributed by atoms with Crippen molar-refractivity contribution in [1.29, 1.82) is 5.26 Å². The highest BCUT2D eigenvalue weighted by Gasteiger charge is 2.39. The Labute approximate surface area is 150 Å². The second kappa shape index (κ2) is 10.3. The van der Waals surface area contributed by atoms with Gasteiger partial charge in [0.25, 0.3) is 0 Å². The molecule has 136 valence electrons. The van der Waals surface area contributed by atoms with E-state index < -0.39 is 0 Å². The van der Waals surface area contributed by atoms with Crippen molar-refractivity contribution in [1.82, 2.24) is 0 Å². The predicted molar refractivity (Wildman–Crippen MR) is 104 cm³/mol. The van der Waals surface area contributed by atoms with E-state index in [1.165, 1.54) is 89.0 Å². The van der Waals surface area contributed by atoms with E-state index in [9.17, 15) is 5.26 Å². The molecule has 0 saturated heterocycles. The van der Waals surface area contributed by atoms with Crippen molar-refractivity contribution in [2.75, 3.05) is 0 Å². The maximum absolute atomic E-state index is 9.94. The normalized spacial score (nSPS) is 30.6. The van der Waals surface area contributed by atoms with E-state index in [0.29, 0.717) is 0 Å². The Morgan fingerprint density at radius 3 is 2.08 bits per heavy atom. The summed E-state index contributed by atoms with van der Waals surface area (Å²) in [5.74, 6) is 1.78. The molecule has 0 spiro atoms. The summed E-state index contributed by atoms with van der Waals surface area (Å²) in [5, 5.41) is 9.94. The van der Waals surface area contributed by atoms with Crippen molar-refractivity contribution >= 4 is 0 Å². The van der Waals surface area contributed by atoms with Crippen LogP contribution in [-0.2, 0) is 0 Å². The SMILES string of the molecule is CCCCCC1CC=C(C2(C#N)CCC(CCCCC)CC2)CC1. The van der Waals surface area contributed by atoms with Crippen molar-refractivity contribution < 1.29 is 0 Å². The van der Waals surface area contributed by atoms with Crippen LogP contribution in [0.25, 0.3) is 0 Å². The van der Waals surface area contributed by atoms with E-state index in [1.54, 1.807) is 0 Å². The smallest absolute Gasteiger partial charge is 0.0782 e. The van der Waals surface area contributed by atoms with Crippen LogP contribution in [0.3, 0.4) is 0 Å². The molecule has 1 fully saturated rings. The molecule has 0 aromatic carbocycles. The van der Waals surface area contributed by atoms with Crippen LogP contribution < -0.4 is 0 Å². The van der Waals surface area contributed by atoms with E-state index in [-0.39, 0.29) is 5.41 Å². The fraction of sp³-hybridized carbons (Fsp3) is 0.870. The Bertz CT molecular complexity index is 420. The lowest BCUT2D eigenvalue weighted by Crippen LogP contribution is -2.29. The van der Waals surface area contributed by atoms with Gasteiger partial charge in [-0.2, -0.15) is 5.26 Å². The molecule has 0 bridgehead atoms. The monoisotopic (exact) mass is 329 g/mol. The lowest BCUT2D eigenvalue weighted by molar-refractivity contribution is 0.221. The van der Waals surface area contributed by atoms with Crippen molar-refractivity contribution in [3.05, 3.63) is 11.6 Å². The molecule has 1 unspecified atom stereocenters. The standard InChI is InChI=1S/C23H39N/c1-3-5-7-9-20-11-13-22(14-12-20)23(19-24)17-15-21(16-18-23)10-8-6-4-2/h13,20-21H,3-12,14-18H2,1-2H3. The quantitative estimate of drug-likeness (QED) is 0.316. The molecule has 2 aliphatic rings. The molecule has 0 aromatic rings. The largest absolute Gasteiger partial charge is 0.197 e. The molecule has 0 aliphatic heterocycles. The molecule has 2 rings (SSSR count). The minimum absolute atomic E-state index is 0.0877. The fourth-order valence-corrected chi connectivity index (χ4v) is 4.92. The third-order valence-electron chi connectivity index (χ3n) is 6.74. The summed E-state index contributed by atoms with van der Waals surface area (Å²) in [6.07, 6.45) is 22.1. The van der Waals surface area contributed by atoms with E-state index in [0.717, 1.165) is 24.7 Å². The molecule has 0 heterocycles. The van der Waals surface area contributed by atoms with Gasteiger partial charge in [0.05, 0.1) is 11.5 Å². The van der Waals surface area contributed by atoms with Crippen molar-refractivity contribution in [3.63, 3.8) is 0 Å². The van der Waals surface area contributed by atoms with Gasteiger partial charge in [0.2, 0.25) is 0 Å². The summed E-state index contributed by atoms with van der Waals surface area (Å²) >= 11 is 0. The van der Waals surface area contributed by atoms with Crippen LogP contribution in [0.15, 0.2) is 11.6 Å². The van der Waals surface area contributed by atoms with Gasteiger partial charge in [-0.15, -0.1) is 0 Å². The highest BCUT2D eigenvalue weighted by Crippen LogP contribution is 2.48. The Morgan fingerprint density at radius 1 is 0.958 bits per heavy atom. The van der Waals surface area contributed by atoms with Crippen LogP contribution in [0.2, 0.25) is 0 Å². The minimum atomic E-state index is -0.0877. The molecule has 0 aromatic heterocycles. The summed E-state index contributed by atoms with van der Waals surface area (Å²) < 4.78 is 0. The van der Waals surface area contributed by atoms with Gasteiger partial charge in [0.15, 0.2) is 0 Å². The maximum Gasteiger partial charge on any atom is 0.0782 e. The number of allylic oxidation sites excluding steroid dienone is 2. The number of hydrogen-bond donors (Lipinski definition) is 0. The molecule has 1 atom stereocenters. The van der Waals surface area contributed by atoms with E-state index in [1.807, 2.05) is 0 Å². The molecular formula is C23H39N. The number of unbranched alkanes of at least 4 members (excludes halogenated alkanes) is 4. The first-order chi connectivity index (χ1) is 11.7. The van der Waals surface area contributed by atoms with Crippen molar-refractivity contribution in [3.8, 4) is 6.07 Å². The van der Waals surface area contributed by atoms with Crippen LogP contribution in [0.1, 0.15) is 110 Å². The van der Waals surface area contributed by atoms with Gasteiger partial charge >= 0.3 is 0 Å². The molecule has 2 aliphatic carbocycles. The molecular weight excluding hydrogens is 290 g/mol. The van der Waals surface area contributed by atoms with Crippen LogP contribution in [0, 0.1) is 28.6 Å². The molecule has 24 heavy (non-hydrogen) atoms. The average Bonchev–Trinajstić information content (AvgIpc) is 2.63. The van der Waals surface area contributed by atoms with E-state index in [4.69, 9.17) is 0 Å². The fourth-order valence-electron chi connectivity index (χ4n) is 4.92. The summed E-state index contributed by atoms with van der Waals surface area (Å²) in [7, 11) is 0. The summed E-state index contributed by atoms with van der Waals surface area (Å²) in [6.45, 7) is 4.57. The van der Waals surface area contributed by atoms with Gasteiger partial charge in [-0.3, -0.25) is 0 Å². The number of nitriles is 1. The maximum atomic E-state index is 9.94. The number of rotatable bonds is 9. The number of hydrogen-bond acceptors (Lipinski definition) is 1. The van der Waals surface area contributed by atoms with E-state index >= 15 is 0 Å². The van der Waals surface area contributed by atoms with Crippen LogP contribution >= 0.6 is 0 Å². The van der Waals surface area contributed by atoms with Crippen molar-refractivity contribution in [2.24, 2.45) is 17.3 Å². The molecule has 1 nitrogen and oxygen atoms in total. The lowest BCUT2D eigenvalue weighted by Gasteiger charge is -2.39. The Kier molecular flexibility index (Phi) is 8.37. The Hall–Kier alpha value is -0.770. The Morgan fingerprint density at radius 2 is 1.58 bits per heavy atom. The zero-order valence-corrected chi connectivity index (χ0v) is 16.3. The second-order valence-electron chi connectivity index (χ2n) is 8.50. The molecule has 0 radical (unpaired) electrons. The third kappa shape index (κ3) is 5.37. The van der Waals surface area contributed by atoms with E-state index in [2.05, 4.69) is 26.0 Å². The summed E-state index contributed by atoms with van der Waals surface area (Å²) in [6, 6.07) is 2.77. The van der Waals surface area contributed by atoms with Crippen LogP contribution in [0.4, 0.5) is 0 Å². The van der Waals surface area contributed by atoms with Gasteiger partial charge in [-0.1, -0.05) is 76.9 Å². The minimum Gasteiger partial charge on any atom is -0.197 e. The molecule has 1 saturated carbocycles. The number of nitrogens with zero attached hydrogens (tertiary/aromatic N) is 1. The first kappa shape index (κ1) is 19.6. The Balaban J connectivity index is 1.83. The topological polar surface area (TPSA) is 23.8 Å². The first-order valence-electron chi connectivity index (χ1n) is 10.8. The zero-order chi connectivity index (χ0) is 17.3. The highest BCUT2D eigenvalue weighted by molar-refractivity contribution is 5.26. The molecule has 1 heteroatoms. The first-order valence-corrected chi connectivity index (χ1v) is 10.8. The predicted octanol–water partition coefficient (Wildman–Crippen LogP) is 7.57. The van der Waals surface area contributed by atoms with Gasteiger partial charge < -0.3 is 0 Å². The third-order valence-corrected chi connectivity index (χ3v) is 6.74.